The Morgan fingerprint density at radius 2 is 1.94 bits per heavy atom. The molecule has 3 heteroatoms. The summed E-state index contributed by atoms with van der Waals surface area (Å²) in [6.45, 7) is 14.0. The number of morpholine rings is 1. The Bertz CT molecular complexity index is 228. The van der Waals surface area contributed by atoms with Crippen molar-refractivity contribution in [3.05, 3.63) is 0 Å². The Balaban J connectivity index is 2.66. The van der Waals surface area contributed by atoms with Gasteiger partial charge in [0.1, 0.15) is 0 Å². The van der Waals surface area contributed by atoms with Crippen LogP contribution in [-0.2, 0) is 4.74 Å². The minimum atomic E-state index is -0.0691. The van der Waals surface area contributed by atoms with Gasteiger partial charge in [0.05, 0.1) is 11.7 Å². The van der Waals surface area contributed by atoms with Gasteiger partial charge in [0.15, 0.2) is 0 Å². The largest absolute Gasteiger partial charge is 0.396 e. The molecule has 1 aliphatic heterocycles. The second-order valence-electron chi connectivity index (χ2n) is 6.22. The van der Waals surface area contributed by atoms with E-state index in [1.807, 2.05) is 0 Å². The van der Waals surface area contributed by atoms with Crippen LogP contribution in [0.2, 0.25) is 0 Å². The first-order chi connectivity index (χ1) is 7.86. The molecule has 0 aliphatic carbocycles. The van der Waals surface area contributed by atoms with Gasteiger partial charge in [0, 0.05) is 31.7 Å². The standard InChI is InChI=1S/C14H29NO2/c1-6-14(7-2,11-16)10-15-8-12(3)17-13(4,5)9-15/h12,16H,6-11H2,1-5H3. The van der Waals surface area contributed by atoms with Crippen LogP contribution < -0.4 is 0 Å². The fourth-order valence-electron chi connectivity index (χ4n) is 2.93. The molecule has 1 unspecified atom stereocenters. The van der Waals surface area contributed by atoms with E-state index < -0.39 is 0 Å². The third-order valence-corrected chi connectivity index (χ3v) is 4.03. The fraction of sp³-hybridized carbons (Fsp3) is 1.00. The SMILES string of the molecule is CCC(CC)(CO)CN1CC(C)OC(C)(C)C1. The van der Waals surface area contributed by atoms with E-state index in [1.54, 1.807) is 0 Å². The predicted octanol–water partition coefficient (Wildman–Crippen LogP) is 2.28. The Kier molecular flexibility index (Phi) is 4.99. The molecule has 0 radical (unpaired) electrons. The fourth-order valence-corrected chi connectivity index (χ4v) is 2.93. The maximum Gasteiger partial charge on any atom is 0.0757 e. The van der Waals surface area contributed by atoms with Crippen molar-refractivity contribution in [2.75, 3.05) is 26.2 Å². The van der Waals surface area contributed by atoms with E-state index in [-0.39, 0.29) is 23.7 Å². The second-order valence-corrected chi connectivity index (χ2v) is 6.22. The zero-order valence-electron chi connectivity index (χ0n) is 12.1. The summed E-state index contributed by atoms with van der Waals surface area (Å²) in [7, 11) is 0. The van der Waals surface area contributed by atoms with E-state index in [0.717, 1.165) is 32.5 Å². The Morgan fingerprint density at radius 3 is 2.35 bits per heavy atom. The van der Waals surface area contributed by atoms with Crippen LogP contribution in [0.5, 0.6) is 0 Å². The average molecular weight is 243 g/mol. The van der Waals surface area contributed by atoms with E-state index >= 15 is 0 Å². The highest BCUT2D eigenvalue weighted by molar-refractivity contribution is 4.87. The lowest BCUT2D eigenvalue weighted by Gasteiger charge is -2.45. The molecule has 0 aromatic heterocycles. The molecule has 1 rings (SSSR count). The van der Waals surface area contributed by atoms with Crippen LogP contribution in [0.15, 0.2) is 0 Å². The van der Waals surface area contributed by atoms with Crippen molar-refractivity contribution in [2.45, 2.75) is 59.2 Å². The van der Waals surface area contributed by atoms with E-state index in [2.05, 4.69) is 39.5 Å². The summed E-state index contributed by atoms with van der Waals surface area (Å²) < 4.78 is 5.92. The maximum atomic E-state index is 9.65. The van der Waals surface area contributed by atoms with Crippen molar-refractivity contribution >= 4 is 0 Å². The third-order valence-electron chi connectivity index (χ3n) is 4.03. The monoisotopic (exact) mass is 243 g/mol. The minimum Gasteiger partial charge on any atom is -0.396 e. The molecule has 0 bridgehead atoms. The van der Waals surface area contributed by atoms with Crippen molar-refractivity contribution in [1.82, 2.24) is 4.90 Å². The van der Waals surface area contributed by atoms with Crippen LogP contribution >= 0.6 is 0 Å². The van der Waals surface area contributed by atoms with Crippen LogP contribution in [0.4, 0.5) is 0 Å². The summed E-state index contributed by atoms with van der Waals surface area (Å²) in [6.07, 6.45) is 2.35. The molecule has 0 aromatic rings. The van der Waals surface area contributed by atoms with Crippen molar-refractivity contribution in [3.63, 3.8) is 0 Å². The molecule has 1 aliphatic rings. The minimum absolute atomic E-state index is 0.0626. The number of nitrogens with zero attached hydrogens (tertiary/aromatic N) is 1. The van der Waals surface area contributed by atoms with Gasteiger partial charge in [-0.25, -0.2) is 0 Å². The van der Waals surface area contributed by atoms with E-state index in [4.69, 9.17) is 4.74 Å². The molecule has 1 fully saturated rings. The number of rotatable bonds is 5. The van der Waals surface area contributed by atoms with Crippen molar-refractivity contribution < 1.29 is 9.84 Å². The molecular formula is C14H29NO2. The second kappa shape index (κ2) is 5.68. The van der Waals surface area contributed by atoms with Crippen LogP contribution in [0.25, 0.3) is 0 Å². The number of hydrogen-bond acceptors (Lipinski definition) is 3. The molecule has 17 heavy (non-hydrogen) atoms. The molecule has 0 saturated carbocycles. The summed E-state index contributed by atoms with van der Waals surface area (Å²) in [5, 5.41) is 9.65. The van der Waals surface area contributed by atoms with Crippen LogP contribution in [0.1, 0.15) is 47.5 Å². The average Bonchev–Trinajstić information content (AvgIpc) is 2.23. The van der Waals surface area contributed by atoms with Gasteiger partial charge >= 0.3 is 0 Å². The Hall–Kier alpha value is -0.120. The first kappa shape index (κ1) is 14.9. The molecule has 102 valence electrons. The molecule has 3 nitrogen and oxygen atoms in total. The predicted molar refractivity (Wildman–Crippen MR) is 71.2 cm³/mol. The normalized spacial score (nSPS) is 26.1. The van der Waals surface area contributed by atoms with Gasteiger partial charge in [-0.15, -0.1) is 0 Å². The van der Waals surface area contributed by atoms with E-state index in [1.165, 1.54) is 0 Å². The molecule has 1 N–H and O–H groups in total. The summed E-state index contributed by atoms with van der Waals surface area (Å²) in [6, 6.07) is 0. The van der Waals surface area contributed by atoms with Crippen molar-refractivity contribution in [1.29, 1.82) is 0 Å². The smallest absolute Gasteiger partial charge is 0.0757 e. The zero-order chi connectivity index (χ0) is 13.1. The van der Waals surface area contributed by atoms with Crippen LogP contribution in [0, 0.1) is 5.41 Å². The number of hydrogen-bond donors (Lipinski definition) is 1. The quantitative estimate of drug-likeness (QED) is 0.804. The lowest BCUT2D eigenvalue weighted by atomic mass is 9.82. The molecule has 1 atom stereocenters. The van der Waals surface area contributed by atoms with Crippen molar-refractivity contribution in [2.24, 2.45) is 5.41 Å². The van der Waals surface area contributed by atoms with Gasteiger partial charge in [0.2, 0.25) is 0 Å². The van der Waals surface area contributed by atoms with Gasteiger partial charge in [-0.2, -0.15) is 0 Å². The van der Waals surface area contributed by atoms with Gasteiger partial charge in [-0.05, 0) is 33.6 Å². The highest BCUT2D eigenvalue weighted by Crippen LogP contribution is 2.30. The Labute approximate surface area is 106 Å². The molecule has 0 spiro atoms. The first-order valence-corrected chi connectivity index (χ1v) is 6.87. The van der Waals surface area contributed by atoms with Gasteiger partial charge < -0.3 is 9.84 Å². The van der Waals surface area contributed by atoms with Crippen molar-refractivity contribution in [3.8, 4) is 0 Å². The highest BCUT2D eigenvalue weighted by atomic mass is 16.5. The van der Waals surface area contributed by atoms with E-state index in [0.29, 0.717) is 0 Å². The van der Waals surface area contributed by atoms with Crippen LogP contribution in [0.3, 0.4) is 0 Å². The summed E-state index contributed by atoms with van der Waals surface area (Å²) in [5.74, 6) is 0. The first-order valence-electron chi connectivity index (χ1n) is 6.87. The molecule has 1 saturated heterocycles. The summed E-state index contributed by atoms with van der Waals surface area (Å²) in [4.78, 5) is 2.46. The van der Waals surface area contributed by atoms with Gasteiger partial charge in [0.25, 0.3) is 0 Å². The topological polar surface area (TPSA) is 32.7 Å². The Morgan fingerprint density at radius 1 is 1.35 bits per heavy atom. The molecule has 0 aromatic carbocycles. The van der Waals surface area contributed by atoms with Gasteiger partial charge in [-0.3, -0.25) is 4.90 Å². The van der Waals surface area contributed by atoms with Gasteiger partial charge in [-0.1, -0.05) is 13.8 Å². The lowest BCUT2D eigenvalue weighted by molar-refractivity contribution is -0.137. The van der Waals surface area contributed by atoms with Crippen LogP contribution in [-0.4, -0.2) is 48.0 Å². The maximum absolute atomic E-state index is 9.65. The zero-order valence-corrected chi connectivity index (χ0v) is 12.1. The third kappa shape index (κ3) is 3.94. The highest BCUT2D eigenvalue weighted by Gasteiger charge is 2.35. The molecular weight excluding hydrogens is 214 g/mol. The summed E-state index contributed by atoms with van der Waals surface area (Å²) in [5.41, 5.74) is -0.00646. The molecule has 0 amide bonds. The molecule has 1 heterocycles. The number of ether oxygens (including phenoxy) is 1. The lowest BCUT2D eigenvalue weighted by Crippen LogP contribution is -2.54. The number of aliphatic hydroxyl groups excluding tert-OH is 1. The van der Waals surface area contributed by atoms with E-state index in [9.17, 15) is 5.11 Å². The number of aliphatic hydroxyl groups is 1. The summed E-state index contributed by atoms with van der Waals surface area (Å²) >= 11 is 0.